The number of ether oxygens (including phenoxy) is 1. The van der Waals surface area contributed by atoms with E-state index in [1.54, 1.807) is 24.5 Å². The molecule has 3 rings (SSSR count). The van der Waals surface area contributed by atoms with Gasteiger partial charge in [0.1, 0.15) is 11.9 Å². The van der Waals surface area contributed by atoms with Gasteiger partial charge in [-0.05, 0) is 76.2 Å². The van der Waals surface area contributed by atoms with Gasteiger partial charge in [0.05, 0.1) is 11.3 Å². The molecule has 0 unspecified atom stereocenters. The maximum atomic E-state index is 14.3. The minimum atomic E-state index is -0.556. The lowest BCUT2D eigenvalue weighted by Crippen LogP contribution is -2.17. The SMILES string of the molecule is CCN=C1C(=CN)CC(C=NC(C)(C)C)=C(N)c2ccc(F)cc2[C@@H](C)Oc2cc1cnc2N. The third-order valence-corrected chi connectivity index (χ3v) is 5.36. The fraction of sp³-hybridized carbons (Fsp3) is 0.346. The topological polar surface area (TPSA) is 125 Å². The van der Waals surface area contributed by atoms with E-state index in [2.05, 4.69) is 15.0 Å². The lowest BCUT2D eigenvalue weighted by atomic mass is 9.92. The smallest absolute Gasteiger partial charge is 0.166 e. The van der Waals surface area contributed by atoms with Crippen LogP contribution in [0.3, 0.4) is 0 Å². The number of benzene rings is 1. The molecule has 0 radical (unpaired) electrons. The van der Waals surface area contributed by atoms with Crippen LogP contribution in [0.2, 0.25) is 0 Å². The molecule has 0 saturated heterocycles. The molecule has 7 nitrogen and oxygen atoms in total. The minimum absolute atomic E-state index is 0.223. The Morgan fingerprint density at radius 3 is 2.62 bits per heavy atom. The van der Waals surface area contributed by atoms with Gasteiger partial charge in [0.2, 0.25) is 0 Å². The molecule has 1 aliphatic heterocycles. The number of anilines is 1. The second-order valence-corrected chi connectivity index (χ2v) is 9.16. The van der Waals surface area contributed by atoms with E-state index in [0.29, 0.717) is 46.8 Å². The van der Waals surface area contributed by atoms with E-state index >= 15 is 0 Å². The molecule has 0 spiro atoms. The zero-order chi connectivity index (χ0) is 25.0. The summed E-state index contributed by atoms with van der Waals surface area (Å²) in [5, 5.41) is 0. The summed E-state index contributed by atoms with van der Waals surface area (Å²) in [6.07, 6.45) is 4.73. The summed E-state index contributed by atoms with van der Waals surface area (Å²) in [7, 11) is 0. The highest BCUT2D eigenvalue weighted by Crippen LogP contribution is 2.34. The molecule has 2 heterocycles. The van der Waals surface area contributed by atoms with Crippen LogP contribution in [0.25, 0.3) is 5.70 Å². The van der Waals surface area contributed by atoms with Crippen molar-refractivity contribution in [3.05, 3.63) is 70.3 Å². The maximum Gasteiger partial charge on any atom is 0.166 e. The van der Waals surface area contributed by atoms with E-state index in [0.717, 1.165) is 11.1 Å². The molecule has 1 aliphatic rings. The van der Waals surface area contributed by atoms with E-state index in [-0.39, 0.29) is 11.4 Å². The highest BCUT2D eigenvalue weighted by Gasteiger charge is 2.22. The third kappa shape index (κ3) is 5.62. The van der Waals surface area contributed by atoms with Crippen molar-refractivity contribution in [1.82, 2.24) is 4.98 Å². The van der Waals surface area contributed by atoms with E-state index in [1.807, 2.05) is 34.6 Å². The molecular formula is C26H33FN6O. The molecule has 1 atom stereocenters. The second kappa shape index (κ2) is 10.1. The number of nitrogen functional groups attached to an aromatic ring is 1. The van der Waals surface area contributed by atoms with Crippen molar-refractivity contribution in [2.24, 2.45) is 21.5 Å². The van der Waals surface area contributed by atoms with Crippen LogP contribution in [0, 0.1) is 5.82 Å². The van der Waals surface area contributed by atoms with Gasteiger partial charge in [-0.15, -0.1) is 0 Å². The molecule has 0 amide bonds. The molecular weight excluding hydrogens is 431 g/mol. The largest absolute Gasteiger partial charge is 0.482 e. The van der Waals surface area contributed by atoms with Crippen LogP contribution in [0.4, 0.5) is 10.2 Å². The molecule has 0 saturated carbocycles. The first-order valence-corrected chi connectivity index (χ1v) is 11.3. The van der Waals surface area contributed by atoms with Crippen molar-refractivity contribution in [2.75, 3.05) is 12.3 Å². The molecule has 1 aromatic carbocycles. The Hall–Kier alpha value is -3.68. The number of fused-ring (bicyclic) bond motifs is 3. The number of halogens is 1. The zero-order valence-corrected chi connectivity index (χ0v) is 20.4. The summed E-state index contributed by atoms with van der Waals surface area (Å²) < 4.78 is 20.4. The van der Waals surface area contributed by atoms with E-state index in [9.17, 15) is 4.39 Å². The number of aliphatic imine (C=N–C) groups is 2. The average molecular weight is 465 g/mol. The average Bonchev–Trinajstić information content (AvgIpc) is 2.78. The maximum absolute atomic E-state index is 14.3. The molecule has 6 N–H and O–H groups in total. The Labute approximate surface area is 200 Å². The van der Waals surface area contributed by atoms with Gasteiger partial charge in [0.25, 0.3) is 0 Å². The van der Waals surface area contributed by atoms with Gasteiger partial charge in [-0.3, -0.25) is 9.98 Å². The molecule has 2 aromatic rings. The normalized spacial score (nSPS) is 19.6. The van der Waals surface area contributed by atoms with Crippen molar-refractivity contribution >= 4 is 23.4 Å². The molecule has 0 aliphatic carbocycles. The lowest BCUT2D eigenvalue weighted by Gasteiger charge is -2.23. The van der Waals surface area contributed by atoms with Gasteiger partial charge in [-0.25, -0.2) is 9.37 Å². The first-order chi connectivity index (χ1) is 16.0. The molecule has 2 bridgehead atoms. The van der Waals surface area contributed by atoms with Crippen molar-refractivity contribution in [3.8, 4) is 5.75 Å². The molecule has 34 heavy (non-hydrogen) atoms. The Morgan fingerprint density at radius 1 is 1.24 bits per heavy atom. The van der Waals surface area contributed by atoms with E-state index in [1.165, 1.54) is 18.3 Å². The minimum Gasteiger partial charge on any atom is -0.482 e. The van der Waals surface area contributed by atoms with Gasteiger partial charge >= 0.3 is 0 Å². The molecule has 1 aromatic heterocycles. The van der Waals surface area contributed by atoms with Gasteiger partial charge in [0, 0.05) is 47.8 Å². The van der Waals surface area contributed by atoms with E-state index in [4.69, 9.17) is 21.9 Å². The number of pyridine rings is 1. The number of allylic oxidation sites excluding steroid dienone is 2. The Kier molecular flexibility index (Phi) is 7.39. The number of nitrogens with two attached hydrogens (primary N) is 3. The summed E-state index contributed by atoms with van der Waals surface area (Å²) >= 11 is 0. The highest BCUT2D eigenvalue weighted by atomic mass is 19.1. The first-order valence-electron chi connectivity index (χ1n) is 11.3. The molecule has 8 heteroatoms. The first kappa shape index (κ1) is 25.0. The summed E-state index contributed by atoms with van der Waals surface area (Å²) in [6.45, 7) is 10.3. The Morgan fingerprint density at radius 2 is 1.97 bits per heavy atom. The predicted molar refractivity (Wildman–Crippen MR) is 137 cm³/mol. The molecule has 180 valence electrons. The van der Waals surface area contributed by atoms with Gasteiger partial charge < -0.3 is 21.9 Å². The Bertz CT molecular complexity index is 1190. The quantitative estimate of drug-likeness (QED) is 0.563. The number of hydrogen-bond acceptors (Lipinski definition) is 7. The fourth-order valence-electron chi connectivity index (χ4n) is 3.67. The van der Waals surface area contributed by atoms with Crippen LogP contribution in [0.15, 0.2) is 57.8 Å². The van der Waals surface area contributed by atoms with Crippen LogP contribution < -0.4 is 21.9 Å². The molecule has 0 fully saturated rings. The van der Waals surface area contributed by atoms with Crippen LogP contribution in [0.1, 0.15) is 63.8 Å². The van der Waals surface area contributed by atoms with Gasteiger partial charge in [-0.1, -0.05) is 0 Å². The highest BCUT2D eigenvalue weighted by molar-refractivity contribution is 6.13. The second-order valence-electron chi connectivity index (χ2n) is 9.16. The monoisotopic (exact) mass is 464 g/mol. The zero-order valence-electron chi connectivity index (χ0n) is 20.4. The van der Waals surface area contributed by atoms with Crippen molar-refractivity contribution < 1.29 is 9.13 Å². The predicted octanol–water partition coefficient (Wildman–Crippen LogP) is 4.54. The number of nitrogens with zero attached hydrogens (tertiary/aromatic N) is 3. The van der Waals surface area contributed by atoms with Gasteiger partial charge in [-0.2, -0.15) is 0 Å². The Balaban J connectivity index is 2.34. The van der Waals surface area contributed by atoms with Crippen LogP contribution in [0.5, 0.6) is 5.75 Å². The van der Waals surface area contributed by atoms with Gasteiger partial charge in [0.15, 0.2) is 11.6 Å². The standard InChI is InChI=1S/C26H33FN6O/c1-6-31-24-16(12-28)9-17(14-33-26(3,4)5)23(29)20-8-7-19(27)11-21(20)15(2)34-22-10-18(24)13-32-25(22)30/h7-8,10-15H,6,9,28-29H2,1-5H3,(H2,30,32)/t15-/m1/s1. The van der Waals surface area contributed by atoms with Crippen molar-refractivity contribution in [2.45, 2.75) is 52.7 Å². The lowest BCUT2D eigenvalue weighted by molar-refractivity contribution is 0.226. The summed E-state index contributed by atoms with van der Waals surface area (Å²) in [5.74, 6) is 0.207. The third-order valence-electron chi connectivity index (χ3n) is 5.36. The fourth-order valence-corrected chi connectivity index (χ4v) is 3.67. The summed E-state index contributed by atoms with van der Waals surface area (Å²) in [4.78, 5) is 13.7. The van der Waals surface area contributed by atoms with Crippen LogP contribution in [-0.4, -0.2) is 29.0 Å². The van der Waals surface area contributed by atoms with Crippen molar-refractivity contribution in [3.63, 3.8) is 0 Å². The van der Waals surface area contributed by atoms with Crippen LogP contribution >= 0.6 is 0 Å². The number of rotatable bonds is 2. The summed E-state index contributed by atoms with van der Waals surface area (Å²) in [6, 6.07) is 6.24. The number of hydrogen-bond donors (Lipinski definition) is 3. The summed E-state index contributed by atoms with van der Waals surface area (Å²) in [5.41, 5.74) is 23.1. The van der Waals surface area contributed by atoms with Crippen LogP contribution in [-0.2, 0) is 0 Å². The van der Waals surface area contributed by atoms with E-state index < -0.39 is 11.9 Å². The van der Waals surface area contributed by atoms with Crippen molar-refractivity contribution in [1.29, 1.82) is 0 Å². The number of aromatic nitrogens is 1.